The zero-order valence-corrected chi connectivity index (χ0v) is 19.0. The highest BCUT2D eigenvalue weighted by atomic mass is 35.5. The zero-order valence-electron chi connectivity index (χ0n) is 16.7. The predicted octanol–water partition coefficient (Wildman–Crippen LogP) is 4.27. The molecule has 31 heavy (non-hydrogen) atoms. The van der Waals surface area contributed by atoms with E-state index in [1.165, 1.54) is 11.1 Å². The number of nitrogens with zero attached hydrogens (tertiary/aromatic N) is 3. The van der Waals surface area contributed by atoms with Crippen LogP contribution >= 0.6 is 34.8 Å². The Kier molecular flexibility index (Phi) is 7.43. The molecule has 0 fully saturated rings. The van der Waals surface area contributed by atoms with Crippen molar-refractivity contribution in [1.82, 2.24) is 14.7 Å². The summed E-state index contributed by atoms with van der Waals surface area (Å²) in [5.41, 5.74) is 1.54. The molecule has 0 aliphatic heterocycles. The van der Waals surface area contributed by atoms with E-state index < -0.39 is 5.56 Å². The van der Waals surface area contributed by atoms with Crippen molar-refractivity contribution in [2.45, 2.75) is 6.54 Å². The van der Waals surface area contributed by atoms with E-state index in [9.17, 15) is 9.59 Å². The molecular weight excluding hydrogens is 463 g/mol. The Morgan fingerprint density at radius 1 is 1.13 bits per heavy atom. The van der Waals surface area contributed by atoms with Gasteiger partial charge in [-0.1, -0.05) is 46.9 Å². The molecule has 0 aliphatic carbocycles. The molecule has 1 N–H and O–H groups in total. The van der Waals surface area contributed by atoms with Gasteiger partial charge in [0.15, 0.2) is 6.61 Å². The van der Waals surface area contributed by atoms with E-state index in [4.69, 9.17) is 39.5 Å². The van der Waals surface area contributed by atoms with Crippen LogP contribution in [0.4, 0.5) is 5.69 Å². The Morgan fingerprint density at radius 3 is 2.61 bits per heavy atom. The van der Waals surface area contributed by atoms with Crippen LogP contribution in [0, 0.1) is 0 Å². The molecule has 10 heteroatoms. The molecule has 0 unspecified atom stereocenters. The smallest absolute Gasteiger partial charge is 0.291 e. The van der Waals surface area contributed by atoms with Crippen molar-refractivity contribution in [3.8, 4) is 11.4 Å². The number of nitrogens with one attached hydrogen (secondary N) is 1. The number of rotatable bonds is 7. The van der Waals surface area contributed by atoms with Crippen LogP contribution in [0.15, 0.2) is 53.5 Å². The Hall–Kier alpha value is -2.74. The van der Waals surface area contributed by atoms with Crippen LogP contribution in [0.2, 0.25) is 15.1 Å². The van der Waals surface area contributed by atoms with Gasteiger partial charge in [0.2, 0.25) is 0 Å². The average Bonchev–Trinajstić information content (AvgIpc) is 2.75. The molecule has 0 aliphatic rings. The summed E-state index contributed by atoms with van der Waals surface area (Å²) in [7, 11) is 3.35. The van der Waals surface area contributed by atoms with Crippen LogP contribution in [0.25, 0.3) is 5.69 Å². The lowest BCUT2D eigenvalue weighted by Gasteiger charge is -2.13. The molecular formula is C21H19Cl3N4O3. The van der Waals surface area contributed by atoms with Crippen molar-refractivity contribution in [2.24, 2.45) is 0 Å². The molecule has 1 amide bonds. The lowest BCUT2D eigenvalue weighted by molar-refractivity contribution is -0.130. The number of carbonyl (C=O) groups excluding carboxylic acids is 1. The maximum absolute atomic E-state index is 12.3. The first-order chi connectivity index (χ1) is 14.8. The summed E-state index contributed by atoms with van der Waals surface area (Å²) in [6, 6.07) is 12.4. The third kappa shape index (κ3) is 5.70. The minimum atomic E-state index is -0.532. The van der Waals surface area contributed by atoms with Crippen LogP contribution in [0.3, 0.4) is 0 Å². The number of aromatic nitrogens is 2. The monoisotopic (exact) mass is 480 g/mol. The van der Waals surface area contributed by atoms with Gasteiger partial charge in [0.05, 0.1) is 27.6 Å². The highest BCUT2D eigenvalue weighted by molar-refractivity contribution is 6.41. The molecule has 0 spiro atoms. The second kappa shape index (κ2) is 10.0. The molecule has 0 saturated heterocycles. The van der Waals surface area contributed by atoms with Gasteiger partial charge in [-0.25, -0.2) is 0 Å². The SMILES string of the molecule is CN(C)C(=O)COc1cccc(CNc2ccc(-n3ncc(Cl)c(Cl)c3=O)cc2Cl)c1. The maximum Gasteiger partial charge on any atom is 0.291 e. The van der Waals surface area contributed by atoms with Gasteiger partial charge in [-0.3, -0.25) is 9.59 Å². The number of benzene rings is 2. The van der Waals surface area contributed by atoms with Gasteiger partial charge >= 0.3 is 0 Å². The second-order valence-corrected chi connectivity index (χ2v) is 7.96. The zero-order chi connectivity index (χ0) is 22.5. The van der Waals surface area contributed by atoms with Crippen molar-refractivity contribution in [1.29, 1.82) is 0 Å². The van der Waals surface area contributed by atoms with E-state index in [1.54, 1.807) is 38.4 Å². The molecule has 3 rings (SSSR count). The fourth-order valence-corrected chi connectivity index (χ4v) is 3.09. The highest BCUT2D eigenvalue weighted by Gasteiger charge is 2.11. The molecule has 0 radical (unpaired) electrons. The Balaban J connectivity index is 1.69. The van der Waals surface area contributed by atoms with Crippen LogP contribution < -0.4 is 15.6 Å². The number of amides is 1. The predicted molar refractivity (Wildman–Crippen MR) is 123 cm³/mol. The number of halogens is 3. The molecule has 162 valence electrons. The van der Waals surface area contributed by atoms with Crippen LogP contribution in [-0.2, 0) is 11.3 Å². The summed E-state index contributed by atoms with van der Waals surface area (Å²) >= 11 is 18.1. The molecule has 2 aromatic carbocycles. The minimum absolute atomic E-state index is 0.0285. The Labute approximate surface area is 194 Å². The minimum Gasteiger partial charge on any atom is -0.484 e. The van der Waals surface area contributed by atoms with Gasteiger partial charge in [0.1, 0.15) is 10.8 Å². The Morgan fingerprint density at radius 2 is 1.90 bits per heavy atom. The molecule has 1 aromatic heterocycles. The summed E-state index contributed by atoms with van der Waals surface area (Å²) in [5.74, 6) is 0.479. The summed E-state index contributed by atoms with van der Waals surface area (Å²) in [6.45, 7) is 0.447. The largest absolute Gasteiger partial charge is 0.484 e. The van der Waals surface area contributed by atoms with Gasteiger partial charge in [-0.2, -0.15) is 9.78 Å². The van der Waals surface area contributed by atoms with E-state index in [-0.39, 0.29) is 22.6 Å². The van der Waals surface area contributed by atoms with Gasteiger partial charge < -0.3 is 15.0 Å². The number of hydrogen-bond acceptors (Lipinski definition) is 5. The van der Waals surface area contributed by atoms with Crippen LogP contribution in [0.5, 0.6) is 5.75 Å². The number of ether oxygens (including phenoxy) is 1. The molecule has 7 nitrogen and oxygen atoms in total. The number of likely N-dealkylation sites (N-methyl/N-ethyl adjacent to an activating group) is 1. The van der Waals surface area contributed by atoms with Gasteiger partial charge in [-0.05, 0) is 35.9 Å². The third-order valence-corrected chi connectivity index (χ3v) is 5.38. The molecule has 0 atom stereocenters. The van der Waals surface area contributed by atoms with Gasteiger partial charge in [0, 0.05) is 20.6 Å². The fourth-order valence-electron chi connectivity index (χ4n) is 2.59. The van der Waals surface area contributed by atoms with Gasteiger partial charge in [-0.15, -0.1) is 0 Å². The summed E-state index contributed by atoms with van der Waals surface area (Å²) in [4.78, 5) is 25.4. The van der Waals surface area contributed by atoms with E-state index in [0.717, 1.165) is 10.2 Å². The van der Waals surface area contributed by atoms with E-state index >= 15 is 0 Å². The summed E-state index contributed by atoms with van der Waals surface area (Å²) in [6.07, 6.45) is 1.30. The normalized spacial score (nSPS) is 10.6. The first-order valence-corrected chi connectivity index (χ1v) is 10.3. The molecule has 3 aromatic rings. The summed E-state index contributed by atoms with van der Waals surface area (Å²) < 4.78 is 6.66. The molecule has 0 bridgehead atoms. The van der Waals surface area contributed by atoms with Crippen molar-refractivity contribution in [3.05, 3.63) is 79.6 Å². The first-order valence-electron chi connectivity index (χ1n) is 9.15. The lowest BCUT2D eigenvalue weighted by atomic mass is 10.2. The third-order valence-electron chi connectivity index (χ3n) is 4.32. The van der Waals surface area contributed by atoms with Crippen molar-refractivity contribution < 1.29 is 9.53 Å². The van der Waals surface area contributed by atoms with Crippen molar-refractivity contribution in [2.75, 3.05) is 26.0 Å². The van der Waals surface area contributed by atoms with Crippen molar-refractivity contribution >= 4 is 46.4 Å². The lowest BCUT2D eigenvalue weighted by Crippen LogP contribution is -2.27. The highest BCUT2D eigenvalue weighted by Crippen LogP contribution is 2.26. The Bertz CT molecular complexity index is 1160. The van der Waals surface area contributed by atoms with Crippen LogP contribution in [0.1, 0.15) is 5.56 Å². The molecule has 1 heterocycles. The van der Waals surface area contributed by atoms with E-state index in [2.05, 4.69) is 10.4 Å². The fraction of sp³-hybridized carbons (Fsp3) is 0.190. The van der Waals surface area contributed by atoms with E-state index in [0.29, 0.717) is 28.7 Å². The molecule has 0 saturated carbocycles. The first kappa shape index (κ1) is 22.9. The van der Waals surface area contributed by atoms with E-state index in [1.807, 2.05) is 18.2 Å². The van der Waals surface area contributed by atoms with Gasteiger partial charge in [0.25, 0.3) is 11.5 Å². The van der Waals surface area contributed by atoms with Crippen LogP contribution in [-0.4, -0.2) is 41.3 Å². The quantitative estimate of drug-likeness (QED) is 0.545. The summed E-state index contributed by atoms with van der Waals surface area (Å²) in [5, 5.41) is 7.61. The van der Waals surface area contributed by atoms with Crippen molar-refractivity contribution in [3.63, 3.8) is 0 Å². The average molecular weight is 482 g/mol. The topological polar surface area (TPSA) is 76.5 Å². The standard InChI is InChI=1S/C21H19Cl3N4O3/c1-27(2)19(29)12-31-15-5-3-4-13(8-15)10-25-18-7-6-14(9-16(18)22)28-21(30)20(24)17(23)11-26-28/h3-9,11,25H,10,12H2,1-2H3. The second-order valence-electron chi connectivity index (χ2n) is 6.77. The number of carbonyl (C=O) groups is 1. The number of anilines is 1. The number of hydrogen-bond donors (Lipinski definition) is 1. The maximum atomic E-state index is 12.3.